The van der Waals surface area contributed by atoms with E-state index in [1.165, 1.54) is 6.07 Å². The number of aliphatic hydroxyl groups excluding tert-OH is 1. The quantitative estimate of drug-likeness (QED) is 0.715. The van der Waals surface area contributed by atoms with E-state index in [1.807, 2.05) is 0 Å². The molecule has 0 saturated carbocycles. The van der Waals surface area contributed by atoms with Crippen LogP contribution in [0, 0.1) is 5.82 Å². The van der Waals surface area contributed by atoms with E-state index in [2.05, 4.69) is 15.9 Å². The SMILES string of the molecule is O=C(O)[C@H](CO)NS(=O)(=O)c1ccc(Br)c(F)c1. The summed E-state index contributed by atoms with van der Waals surface area (Å²) in [5, 5.41) is 17.3. The van der Waals surface area contributed by atoms with Crippen molar-refractivity contribution in [2.24, 2.45) is 0 Å². The van der Waals surface area contributed by atoms with Crippen molar-refractivity contribution in [3.8, 4) is 0 Å². The number of hydrogen-bond acceptors (Lipinski definition) is 4. The van der Waals surface area contributed by atoms with Gasteiger partial charge in [-0.3, -0.25) is 4.79 Å². The monoisotopic (exact) mass is 341 g/mol. The van der Waals surface area contributed by atoms with E-state index in [4.69, 9.17) is 10.2 Å². The Bertz CT molecular complexity index is 562. The highest BCUT2D eigenvalue weighted by atomic mass is 79.9. The molecule has 1 atom stereocenters. The van der Waals surface area contributed by atoms with Gasteiger partial charge in [-0.05, 0) is 34.1 Å². The zero-order valence-electron chi connectivity index (χ0n) is 8.80. The van der Waals surface area contributed by atoms with Gasteiger partial charge >= 0.3 is 5.97 Å². The Balaban J connectivity index is 3.06. The Morgan fingerprint density at radius 1 is 1.50 bits per heavy atom. The fourth-order valence-electron chi connectivity index (χ4n) is 1.07. The van der Waals surface area contributed by atoms with Gasteiger partial charge in [0.2, 0.25) is 10.0 Å². The Morgan fingerprint density at radius 3 is 2.56 bits per heavy atom. The van der Waals surface area contributed by atoms with Gasteiger partial charge in [0.15, 0.2) is 0 Å². The van der Waals surface area contributed by atoms with E-state index < -0.39 is 39.4 Å². The number of sulfonamides is 1. The Hall–Kier alpha value is -1.03. The van der Waals surface area contributed by atoms with Crippen molar-refractivity contribution >= 4 is 31.9 Å². The molecule has 6 nitrogen and oxygen atoms in total. The van der Waals surface area contributed by atoms with Crippen LogP contribution in [0.1, 0.15) is 0 Å². The van der Waals surface area contributed by atoms with Crippen LogP contribution in [0.5, 0.6) is 0 Å². The summed E-state index contributed by atoms with van der Waals surface area (Å²) >= 11 is 2.86. The third-order valence-electron chi connectivity index (χ3n) is 1.98. The number of hydrogen-bond donors (Lipinski definition) is 3. The van der Waals surface area contributed by atoms with Crippen LogP contribution < -0.4 is 4.72 Å². The van der Waals surface area contributed by atoms with E-state index in [1.54, 1.807) is 4.72 Å². The number of aliphatic carboxylic acids is 1. The van der Waals surface area contributed by atoms with Crippen LogP contribution in [-0.4, -0.2) is 37.2 Å². The van der Waals surface area contributed by atoms with E-state index >= 15 is 0 Å². The summed E-state index contributed by atoms with van der Waals surface area (Å²) in [5.41, 5.74) is 0. The highest BCUT2D eigenvalue weighted by Gasteiger charge is 2.25. The molecule has 1 aromatic rings. The lowest BCUT2D eigenvalue weighted by molar-refractivity contribution is -0.139. The third-order valence-corrected chi connectivity index (χ3v) is 4.09. The first-order valence-electron chi connectivity index (χ1n) is 4.59. The summed E-state index contributed by atoms with van der Waals surface area (Å²) in [7, 11) is -4.21. The molecular formula is C9H9BrFNO5S. The smallest absolute Gasteiger partial charge is 0.324 e. The predicted octanol–water partition coefficient (Wildman–Crippen LogP) is 0.312. The zero-order chi connectivity index (χ0) is 13.9. The molecule has 0 heterocycles. The van der Waals surface area contributed by atoms with Crippen LogP contribution in [0.4, 0.5) is 4.39 Å². The maximum atomic E-state index is 13.2. The maximum Gasteiger partial charge on any atom is 0.324 e. The minimum atomic E-state index is -4.21. The lowest BCUT2D eigenvalue weighted by Gasteiger charge is -2.12. The summed E-state index contributed by atoms with van der Waals surface area (Å²) < 4.78 is 38.4. The van der Waals surface area contributed by atoms with Gasteiger partial charge in [-0.15, -0.1) is 0 Å². The lowest BCUT2D eigenvalue weighted by Crippen LogP contribution is -2.43. The largest absolute Gasteiger partial charge is 0.480 e. The van der Waals surface area contributed by atoms with Crippen LogP contribution in [0.25, 0.3) is 0 Å². The first-order chi connectivity index (χ1) is 8.27. The van der Waals surface area contributed by atoms with Gasteiger partial charge in [0.25, 0.3) is 0 Å². The Morgan fingerprint density at radius 2 is 2.11 bits per heavy atom. The van der Waals surface area contributed by atoms with Gasteiger partial charge in [-0.1, -0.05) is 0 Å². The molecule has 100 valence electrons. The molecule has 0 fully saturated rings. The fourth-order valence-corrected chi connectivity index (χ4v) is 2.50. The summed E-state index contributed by atoms with van der Waals surface area (Å²) in [6, 6.07) is 1.34. The minimum absolute atomic E-state index is 0.0818. The second kappa shape index (κ2) is 5.74. The van der Waals surface area contributed by atoms with Gasteiger partial charge in [-0.25, -0.2) is 12.8 Å². The van der Waals surface area contributed by atoms with Crippen molar-refractivity contribution in [1.82, 2.24) is 4.72 Å². The zero-order valence-corrected chi connectivity index (χ0v) is 11.2. The number of carboxylic acid groups (broad SMARTS) is 1. The highest BCUT2D eigenvalue weighted by molar-refractivity contribution is 9.10. The number of aliphatic hydroxyl groups is 1. The van der Waals surface area contributed by atoms with E-state index in [-0.39, 0.29) is 4.47 Å². The van der Waals surface area contributed by atoms with Gasteiger partial charge in [-0.2, -0.15) is 4.72 Å². The average molecular weight is 342 g/mol. The minimum Gasteiger partial charge on any atom is -0.480 e. The molecule has 0 spiro atoms. The molecule has 0 aliphatic rings. The third kappa shape index (κ3) is 3.48. The molecular weight excluding hydrogens is 333 g/mol. The first kappa shape index (κ1) is 15.0. The van der Waals surface area contributed by atoms with Crippen molar-refractivity contribution in [3.05, 3.63) is 28.5 Å². The number of nitrogens with one attached hydrogen (secondary N) is 1. The topological polar surface area (TPSA) is 104 Å². The van der Waals surface area contributed by atoms with Crippen LogP contribution in [0.2, 0.25) is 0 Å². The molecule has 0 aromatic heterocycles. The highest BCUT2D eigenvalue weighted by Crippen LogP contribution is 2.19. The van der Waals surface area contributed by atoms with E-state index in [9.17, 15) is 17.6 Å². The lowest BCUT2D eigenvalue weighted by atomic mass is 10.3. The number of halogens is 2. The molecule has 0 saturated heterocycles. The molecule has 1 rings (SSSR count). The van der Waals surface area contributed by atoms with Crippen molar-refractivity contribution in [3.63, 3.8) is 0 Å². The Labute approximate surface area is 111 Å². The normalized spacial score (nSPS) is 13.3. The fraction of sp³-hybridized carbons (Fsp3) is 0.222. The molecule has 0 unspecified atom stereocenters. The molecule has 0 radical (unpaired) electrons. The van der Waals surface area contributed by atoms with E-state index in [0.717, 1.165) is 12.1 Å². The first-order valence-corrected chi connectivity index (χ1v) is 6.86. The summed E-state index contributed by atoms with van der Waals surface area (Å²) in [6.45, 7) is -0.909. The second-order valence-electron chi connectivity index (χ2n) is 3.27. The molecule has 0 bridgehead atoms. The molecule has 0 aliphatic carbocycles. The van der Waals surface area contributed by atoms with Crippen molar-refractivity contribution in [1.29, 1.82) is 0 Å². The van der Waals surface area contributed by atoms with Crippen LogP contribution in [-0.2, 0) is 14.8 Å². The molecule has 1 aromatic carbocycles. The van der Waals surface area contributed by atoms with Crippen molar-refractivity contribution in [2.45, 2.75) is 10.9 Å². The molecule has 9 heteroatoms. The molecule has 0 aliphatic heterocycles. The molecule has 0 amide bonds. The maximum absolute atomic E-state index is 13.2. The predicted molar refractivity (Wildman–Crippen MR) is 62.9 cm³/mol. The number of rotatable bonds is 5. The number of carbonyl (C=O) groups is 1. The van der Waals surface area contributed by atoms with Gasteiger partial charge < -0.3 is 10.2 Å². The van der Waals surface area contributed by atoms with Gasteiger partial charge in [0.05, 0.1) is 16.0 Å². The summed E-state index contributed by atoms with van der Waals surface area (Å²) in [5.74, 6) is -2.33. The van der Waals surface area contributed by atoms with Crippen molar-refractivity contribution < 1.29 is 27.8 Å². The van der Waals surface area contributed by atoms with Crippen LogP contribution >= 0.6 is 15.9 Å². The summed E-state index contributed by atoms with van der Waals surface area (Å²) in [4.78, 5) is 10.2. The van der Waals surface area contributed by atoms with Gasteiger partial charge in [0.1, 0.15) is 11.9 Å². The second-order valence-corrected chi connectivity index (χ2v) is 5.84. The Kier molecular flexibility index (Phi) is 4.79. The van der Waals surface area contributed by atoms with Crippen molar-refractivity contribution in [2.75, 3.05) is 6.61 Å². The number of carboxylic acids is 1. The van der Waals surface area contributed by atoms with Gasteiger partial charge in [0, 0.05) is 0 Å². The van der Waals surface area contributed by atoms with Crippen LogP contribution in [0.3, 0.4) is 0 Å². The molecule has 18 heavy (non-hydrogen) atoms. The standard InChI is InChI=1S/C9H9BrFNO5S/c10-6-2-1-5(3-7(6)11)18(16,17)12-8(4-13)9(14)15/h1-3,8,12-13H,4H2,(H,14,15)/t8-/m0/s1. The van der Waals surface area contributed by atoms with Crippen LogP contribution in [0.15, 0.2) is 27.6 Å². The number of benzene rings is 1. The van der Waals surface area contributed by atoms with E-state index in [0.29, 0.717) is 0 Å². The molecule has 3 N–H and O–H groups in total. The average Bonchev–Trinajstić information content (AvgIpc) is 2.29. The summed E-state index contributed by atoms with van der Waals surface area (Å²) in [6.07, 6.45) is 0.